The molecular weight excluding hydrogens is 385 g/mol. The van der Waals surface area contributed by atoms with E-state index in [-0.39, 0.29) is 17.8 Å². The van der Waals surface area contributed by atoms with Crippen molar-refractivity contribution in [2.75, 3.05) is 13.1 Å². The zero-order valence-corrected chi connectivity index (χ0v) is 16.5. The maximum atomic E-state index is 13.1. The summed E-state index contributed by atoms with van der Waals surface area (Å²) in [7, 11) is 0. The van der Waals surface area contributed by atoms with E-state index in [2.05, 4.69) is 15.0 Å². The Bertz CT molecular complexity index is 1190. The Morgan fingerprint density at radius 1 is 1.00 bits per heavy atom. The molecule has 0 bridgehead atoms. The summed E-state index contributed by atoms with van der Waals surface area (Å²) < 4.78 is 15.9. The van der Waals surface area contributed by atoms with Gasteiger partial charge >= 0.3 is 11.1 Å². The standard InChI is InChI=1S/C22H22FN5O2/c23-17-6-4-16(5-7-17)12-28-21(30)20(29)27-15-22(11-19(27)25-28)8-10-26(14-22)13-18-3-1-2-9-24-18/h1-7,9H,8,10-15H2/t22-/m1/s1. The molecule has 7 nitrogen and oxygen atoms in total. The lowest BCUT2D eigenvalue weighted by molar-refractivity contribution is 0.245. The molecule has 0 unspecified atom stereocenters. The van der Waals surface area contributed by atoms with Crippen LogP contribution in [-0.4, -0.2) is 37.3 Å². The van der Waals surface area contributed by atoms with Gasteiger partial charge in [0.2, 0.25) is 0 Å². The number of benzene rings is 1. The fraction of sp³-hybridized carbons (Fsp3) is 0.364. The number of pyridine rings is 1. The van der Waals surface area contributed by atoms with Gasteiger partial charge in [-0.05, 0) is 42.8 Å². The molecule has 3 aromatic rings. The van der Waals surface area contributed by atoms with Crippen molar-refractivity contribution in [1.29, 1.82) is 0 Å². The van der Waals surface area contributed by atoms with E-state index in [0.717, 1.165) is 37.3 Å². The highest BCUT2D eigenvalue weighted by Gasteiger charge is 2.44. The largest absolute Gasteiger partial charge is 0.332 e. The molecule has 1 fully saturated rings. The average molecular weight is 407 g/mol. The number of hydrogen-bond donors (Lipinski definition) is 0. The van der Waals surface area contributed by atoms with E-state index in [1.165, 1.54) is 16.8 Å². The number of nitrogens with zero attached hydrogens (tertiary/aromatic N) is 5. The van der Waals surface area contributed by atoms with Gasteiger partial charge in [-0.2, -0.15) is 5.10 Å². The molecule has 1 aromatic carbocycles. The predicted molar refractivity (Wildman–Crippen MR) is 109 cm³/mol. The van der Waals surface area contributed by atoms with E-state index < -0.39 is 11.1 Å². The molecule has 0 radical (unpaired) electrons. The van der Waals surface area contributed by atoms with Crippen molar-refractivity contribution < 1.29 is 4.39 Å². The van der Waals surface area contributed by atoms with Crippen LogP contribution in [0.2, 0.25) is 0 Å². The van der Waals surface area contributed by atoms with Gasteiger partial charge in [0.1, 0.15) is 11.6 Å². The van der Waals surface area contributed by atoms with Gasteiger partial charge in [-0.25, -0.2) is 9.07 Å². The van der Waals surface area contributed by atoms with E-state index in [1.54, 1.807) is 22.9 Å². The highest BCUT2D eigenvalue weighted by atomic mass is 19.1. The Kier molecular flexibility index (Phi) is 4.58. The third-order valence-electron chi connectivity index (χ3n) is 6.11. The van der Waals surface area contributed by atoms with Gasteiger partial charge in [0.25, 0.3) is 0 Å². The molecule has 2 aliphatic heterocycles. The highest BCUT2D eigenvalue weighted by molar-refractivity contribution is 5.16. The monoisotopic (exact) mass is 407 g/mol. The molecule has 1 atom stereocenters. The quantitative estimate of drug-likeness (QED) is 0.612. The van der Waals surface area contributed by atoms with Gasteiger partial charge in [-0.3, -0.25) is 24.0 Å². The summed E-state index contributed by atoms with van der Waals surface area (Å²) in [6.45, 7) is 3.23. The molecule has 0 aliphatic carbocycles. The Labute approximate surface area is 172 Å². The fourth-order valence-electron chi connectivity index (χ4n) is 4.63. The molecule has 2 aliphatic rings. The van der Waals surface area contributed by atoms with Crippen LogP contribution in [0.25, 0.3) is 0 Å². The first-order valence-electron chi connectivity index (χ1n) is 10.1. The second kappa shape index (κ2) is 7.28. The lowest BCUT2D eigenvalue weighted by Gasteiger charge is -2.22. The van der Waals surface area contributed by atoms with Crippen molar-refractivity contribution in [3.63, 3.8) is 0 Å². The topological polar surface area (TPSA) is 73.0 Å². The van der Waals surface area contributed by atoms with Gasteiger partial charge in [-0.1, -0.05) is 18.2 Å². The molecule has 0 N–H and O–H groups in total. The minimum Gasteiger partial charge on any atom is -0.297 e. The second-order valence-corrected chi connectivity index (χ2v) is 8.36. The van der Waals surface area contributed by atoms with Gasteiger partial charge < -0.3 is 0 Å². The number of halogens is 1. The zero-order valence-electron chi connectivity index (χ0n) is 16.5. The molecular formula is C22H22FN5O2. The lowest BCUT2D eigenvalue weighted by Crippen LogP contribution is -2.43. The SMILES string of the molecule is O=c1c(=O)n2c(nn1Cc1ccc(F)cc1)C[C@@]1(CCN(Cc3ccccn3)C1)C2. The van der Waals surface area contributed by atoms with Crippen LogP contribution in [0.5, 0.6) is 0 Å². The van der Waals surface area contributed by atoms with Crippen LogP contribution in [0.1, 0.15) is 23.5 Å². The highest BCUT2D eigenvalue weighted by Crippen LogP contribution is 2.39. The number of aromatic nitrogens is 4. The molecule has 30 heavy (non-hydrogen) atoms. The predicted octanol–water partition coefficient (Wildman–Crippen LogP) is 1.44. The van der Waals surface area contributed by atoms with Crippen LogP contribution in [0, 0.1) is 11.2 Å². The van der Waals surface area contributed by atoms with E-state index in [4.69, 9.17) is 0 Å². The Hall–Kier alpha value is -3.13. The van der Waals surface area contributed by atoms with Crippen molar-refractivity contribution in [1.82, 2.24) is 24.2 Å². The van der Waals surface area contributed by atoms with E-state index in [1.807, 2.05) is 18.2 Å². The van der Waals surface area contributed by atoms with Crippen molar-refractivity contribution >= 4 is 0 Å². The summed E-state index contributed by atoms with van der Waals surface area (Å²) in [6.07, 6.45) is 3.42. The number of likely N-dealkylation sites (tertiary alicyclic amines) is 1. The van der Waals surface area contributed by atoms with Crippen LogP contribution >= 0.6 is 0 Å². The number of rotatable bonds is 4. The molecule has 8 heteroatoms. The van der Waals surface area contributed by atoms with Crippen LogP contribution < -0.4 is 11.1 Å². The number of fused-ring (bicyclic) bond motifs is 1. The molecule has 0 saturated carbocycles. The normalized spacial score (nSPS) is 20.7. The first-order valence-corrected chi connectivity index (χ1v) is 10.1. The summed E-state index contributed by atoms with van der Waals surface area (Å²) in [5, 5.41) is 4.50. The first kappa shape index (κ1) is 18.9. The first-order chi connectivity index (χ1) is 14.5. The molecule has 1 saturated heterocycles. The van der Waals surface area contributed by atoms with Crippen LogP contribution in [0.3, 0.4) is 0 Å². The Morgan fingerprint density at radius 3 is 2.60 bits per heavy atom. The molecule has 1 spiro atoms. The van der Waals surface area contributed by atoms with Gasteiger partial charge in [0.05, 0.1) is 12.2 Å². The van der Waals surface area contributed by atoms with Gasteiger partial charge in [-0.15, -0.1) is 0 Å². The summed E-state index contributed by atoms with van der Waals surface area (Å²) in [5.41, 5.74) is 0.519. The van der Waals surface area contributed by atoms with Crippen LogP contribution in [-0.2, 0) is 26.1 Å². The van der Waals surface area contributed by atoms with Crippen molar-refractivity contribution in [3.8, 4) is 0 Å². The molecule has 4 heterocycles. The van der Waals surface area contributed by atoms with E-state index in [0.29, 0.717) is 18.8 Å². The maximum Gasteiger partial charge on any atom is 0.332 e. The van der Waals surface area contributed by atoms with E-state index >= 15 is 0 Å². The lowest BCUT2D eigenvalue weighted by atomic mass is 9.86. The minimum absolute atomic E-state index is 0.0740. The maximum absolute atomic E-state index is 13.1. The van der Waals surface area contributed by atoms with Crippen molar-refractivity contribution in [3.05, 3.63) is 92.3 Å². The molecule has 5 rings (SSSR count). The Balaban J connectivity index is 1.36. The smallest absolute Gasteiger partial charge is 0.297 e. The second-order valence-electron chi connectivity index (χ2n) is 8.36. The average Bonchev–Trinajstić information content (AvgIpc) is 3.31. The van der Waals surface area contributed by atoms with Crippen molar-refractivity contribution in [2.24, 2.45) is 5.41 Å². The van der Waals surface area contributed by atoms with Gasteiger partial charge in [0.15, 0.2) is 0 Å². The summed E-state index contributed by atoms with van der Waals surface area (Å²) >= 11 is 0. The third kappa shape index (κ3) is 3.47. The van der Waals surface area contributed by atoms with E-state index in [9.17, 15) is 14.0 Å². The number of hydrogen-bond acceptors (Lipinski definition) is 5. The van der Waals surface area contributed by atoms with Gasteiger partial charge in [0, 0.05) is 37.7 Å². The van der Waals surface area contributed by atoms with Crippen molar-refractivity contribution in [2.45, 2.75) is 32.5 Å². The summed E-state index contributed by atoms with van der Waals surface area (Å²) in [5.74, 6) is 0.313. The summed E-state index contributed by atoms with van der Waals surface area (Å²) in [6, 6.07) is 11.8. The Morgan fingerprint density at radius 2 is 1.83 bits per heavy atom. The molecule has 154 valence electrons. The molecule has 0 amide bonds. The van der Waals surface area contributed by atoms with Crippen LogP contribution in [0.4, 0.5) is 4.39 Å². The fourth-order valence-corrected chi connectivity index (χ4v) is 4.63. The van der Waals surface area contributed by atoms with Crippen LogP contribution in [0.15, 0.2) is 58.3 Å². The zero-order chi connectivity index (χ0) is 20.7. The summed E-state index contributed by atoms with van der Waals surface area (Å²) in [4.78, 5) is 32.1. The minimum atomic E-state index is -0.636. The third-order valence-corrected chi connectivity index (χ3v) is 6.11. The molecule has 2 aromatic heterocycles.